The third kappa shape index (κ3) is 3.96. The van der Waals surface area contributed by atoms with E-state index in [-0.39, 0.29) is 5.56 Å². The number of rotatable bonds is 6. The second-order valence-corrected chi connectivity index (χ2v) is 5.76. The number of aromatic nitrogens is 2. The quantitative estimate of drug-likeness (QED) is 0.681. The molecule has 0 aliphatic heterocycles. The summed E-state index contributed by atoms with van der Waals surface area (Å²) in [5.74, 6) is 0.620. The van der Waals surface area contributed by atoms with Crippen molar-refractivity contribution in [3.63, 3.8) is 0 Å². The Kier molecular flexibility index (Phi) is 5.59. The van der Waals surface area contributed by atoms with Gasteiger partial charge in [0.2, 0.25) is 0 Å². The fourth-order valence-corrected chi connectivity index (χ4v) is 2.60. The van der Waals surface area contributed by atoms with E-state index in [1.54, 1.807) is 48.5 Å². The summed E-state index contributed by atoms with van der Waals surface area (Å²) in [7, 11) is 1.54. The molecule has 0 radical (unpaired) electrons. The number of nitrogens with zero attached hydrogens (tertiary/aromatic N) is 1. The Morgan fingerprint density at radius 2 is 1.68 bits per heavy atom. The van der Waals surface area contributed by atoms with E-state index in [2.05, 4.69) is 10.3 Å². The predicted molar refractivity (Wildman–Crippen MR) is 105 cm³/mol. The third-order valence-electron chi connectivity index (χ3n) is 3.98. The highest BCUT2D eigenvalue weighted by atomic mass is 16.5. The van der Waals surface area contributed by atoms with E-state index >= 15 is 0 Å². The minimum atomic E-state index is -0.723. The van der Waals surface area contributed by atoms with E-state index in [0.29, 0.717) is 29.5 Å². The monoisotopic (exact) mass is 381 g/mol. The second kappa shape index (κ2) is 8.26. The molecular weight excluding hydrogens is 362 g/mol. The first-order valence-electron chi connectivity index (χ1n) is 8.57. The van der Waals surface area contributed by atoms with Crippen molar-refractivity contribution >= 4 is 11.6 Å². The first kappa shape index (κ1) is 19.0. The number of carbonyl (C=O) groups is 1. The number of nitrogens with one attached hydrogen (secondary N) is 2. The van der Waals surface area contributed by atoms with Crippen LogP contribution in [0.15, 0.2) is 64.3 Å². The van der Waals surface area contributed by atoms with E-state index in [9.17, 15) is 14.4 Å². The minimum absolute atomic E-state index is 0.190. The van der Waals surface area contributed by atoms with Gasteiger partial charge in [-0.3, -0.25) is 9.59 Å². The van der Waals surface area contributed by atoms with Crippen LogP contribution < -0.4 is 26.0 Å². The number of aromatic amines is 1. The van der Waals surface area contributed by atoms with Crippen molar-refractivity contribution in [3.05, 3.63) is 81.1 Å². The number of anilines is 1. The van der Waals surface area contributed by atoms with Crippen molar-refractivity contribution in [3.8, 4) is 17.2 Å². The van der Waals surface area contributed by atoms with Crippen molar-refractivity contribution in [1.82, 2.24) is 9.55 Å². The number of methoxy groups -OCH3 is 1. The Balaban J connectivity index is 1.92. The molecule has 1 aromatic heterocycles. The molecule has 0 atom stereocenters. The number of carbonyl (C=O) groups excluding carboxylic acids is 1. The Morgan fingerprint density at radius 1 is 1.04 bits per heavy atom. The summed E-state index contributed by atoms with van der Waals surface area (Å²) in [5.41, 5.74) is -0.740. The molecule has 2 N–H and O–H groups in total. The molecule has 0 aliphatic rings. The van der Waals surface area contributed by atoms with Gasteiger partial charge in [-0.2, -0.15) is 0 Å². The Hall–Kier alpha value is -3.81. The second-order valence-electron chi connectivity index (χ2n) is 5.76. The first-order chi connectivity index (χ1) is 13.5. The normalized spacial score (nSPS) is 10.4. The first-order valence-corrected chi connectivity index (χ1v) is 8.57. The van der Waals surface area contributed by atoms with Crippen LogP contribution in [0.3, 0.4) is 0 Å². The van der Waals surface area contributed by atoms with Gasteiger partial charge >= 0.3 is 5.69 Å². The number of ether oxygens (including phenoxy) is 2. The Morgan fingerprint density at radius 3 is 2.29 bits per heavy atom. The van der Waals surface area contributed by atoms with Crippen molar-refractivity contribution in [2.24, 2.45) is 0 Å². The molecule has 0 spiro atoms. The molecule has 1 heterocycles. The summed E-state index contributed by atoms with van der Waals surface area (Å²) in [6.45, 7) is 2.36. The number of hydrogen-bond acceptors (Lipinski definition) is 5. The van der Waals surface area contributed by atoms with E-state index < -0.39 is 17.2 Å². The molecule has 28 heavy (non-hydrogen) atoms. The molecule has 0 bridgehead atoms. The summed E-state index contributed by atoms with van der Waals surface area (Å²) < 4.78 is 11.3. The average Bonchev–Trinajstić information content (AvgIpc) is 2.70. The van der Waals surface area contributed by atoms with Crippen LogP contribution >= 0.6 is 0 Å². The summed E-state index contributed by atoms with van der Waals surface area (Å²) in [4.78, 5) is 39.9. The molecule has 8 heteroatoms. The van der Waals surface area contributed by atoms with Gasteiger partial charge in [-0.05, 0) is 55.5 Å². The predicted octanol–water partition coefficient (Wildman–Crippen LogP) is 2.19. The molecule has 2 aromatic carbocycles. The molecule has 0 saturated carbocycles. The van der Waals surface area contributed by atoms with E-state index in [4.69, 9.17) is 9.47 Å². The van der Waals surface area contributed by atoms with Gasteiger partial charge in [0.15, 0.2) is 0 Å². The zero-order valence-corrected chi connectivity index (χ0v) is 15.4. The lowest BCUT2D eigenvalue weighted by Crippen LogP contribution is -2.38. The van der Waals surface area contributed by atoms with E-state index in [1.165, 1.54) is 7.11 Å². The van der Waals surface area contributed by atoms with Crippen LogP contribution in [-0.2, 0) is 0 Å². The standard InChI is InChI=1S/C20H19N3O5/c1-3-28-16-10-6-14(7-11-16)23-19(25)17(12-21-20(23)26)18(24)22-13-4-8-15(27-2)9-5-13/h4-12H,3H2,1-2H3,(H,21,26)(H,22,24). The smallest absolute Gasteiger partial charge is 0.333 e. The molecule has 0 unspecified atom stereocenters. The lowest BCUT2D eigenvalue weighted by Gasteiger charge is -2.09. The van der Waals surface area contributed by atoms with Crippen LogP contribution in [0.4, 0.5) is 5.69 Å². The Labute approximate surface area is 160 Å². The number of amides is 1. The van der Waals surface area contributed by atoms with Crippen molar-refractivity contribution in [2.45, 2.75) is 6.92 Å². The molecule has 0 saturated heterocycles. The van der Waals surface area contributed by atoms with E-state index in [1.807, 2.05) is 6.92 Å². The highest BCUT2D eigenvalue weighted by Gasteiger charge is 2.16. The van der Waals surface area contributed by atoms with Gasteiger partial charge in [0, 0.05) is 11.9 Å². The largest absolute Gasteiger partial charge is 0.497 e. The lowest BCUT2D eigenvalue weighted by molar-refractivity contribution is 0.102. The maximum Gasteiger partial charge on any atom is 0.333 e. The summed E-state index contributed by atoms with van der Waals surface area (Å²) in [5, 5.41) is 2.62. The fraction of sp³-hybridized carbons (Fsp3) is 0.150. The summed E-state index contributed by atoms with van der Waals surface area (Å²) in [6, 6.07) is 13.1. The molecule has 8 nitrogen and oxygen atoms in total. The minimum Gasteiger partial charge on any atom is -0.497 e. The maximum absolute atomic E-state index is 12.8. The van der Waals surface area contributed by atoms with Crippen LogP contribution in [0.2, 0.25) is 0 Å². The molecule has 1 amide bonds. The molecule has 3 rings (SSSR count). The van der Waals surface area contributed by atoms with Crippen LogP contribution in [0, 0.1) is 0 Å². The zero-order chi connectivity index (χ0) is 20.1. The van der Waals surface area contributed by atoms with Crippen LogP contribution in [0.1, 0.15) is 17.3 Å². The zero-order valence-electron chi connectivity index (χ0n) is 15.4. The number of H-pyrrole nitrogens is 1. The van der Waals surface area contributed by atoms with Crippen LogP contribution in [-0.4, -0.2) is 29.2 Å². The van der Waals surface area contributed by atoms with Crippen LogP contribution in [0.5, 0.6) is 11.5 Å². The molecule has 3 aromatic rings. The highest BCUT2D eigenvalue weighted by Crippen LogP contribution is 2.16. The topological polar surface area (TPSA) is 102 Å². The third-order valence-corrected chi connectivity index (χ3v) is 3.98. The molecular formula is C20H19N3O5. The van der Waals surface area contributed by atoms with Gasteiger partial charge in [-0.25, -0.2) is 9.36 Å². The highest BCUT2D eigenvalue weighted by molar-refractivity contribution is 6.03. The Bertz CT molecular complexity index is 1080. The average molecular weight is 381 g/mol. The number of benzene rings is 2. The van der Waals surface area contributed by atoms with Gasteiger partial charge in [0.05, 0.1) is 19.4 Å². The van der Waals surface area contributed by atoms with Crippen molar-refractivity contribution in [2.75, 3.05) is 19.0 Å². The van der Waals surface area contributed by atoms with Gasteiger partial charge in [0.25, 0.3) is 11.5 Å². The SMILES string of the molecule is CCOc1ccc(-n2c(=O)[nH]cc(C(=O)Nc3ccc(OC)cc3)c2=O)cc1. The summed E-state index contributed by atoms with van der Waals surface area (Å²) in [6.07, 6.45) is 1.11. The maximum atomic E-state index is 12.8. The van der Waals surface area contributed by atoms with Gasteiger partial charge in [-0.15, -0.1) is 0 Å². The fourth-order valence-electron chi connectivity index (χ4n) is 2.60. The van der Waals surface area contributed by atoms with Gasteiger partial charge < -0.3 is 19.8 Å². The number of hydrogen-bond donors (Lipinski definition) is 2. The molecule has 0 aliphatic carbocycles. The molecule has 144 valence electrons. The molecule has 0 fully saturated rings. The van der Waals surface area contributed by atoms with Gasteiger partial charge in [0.1, 0.15) is 17.1 Å². The van der Waals surface area contributed by atoms with Crippen molar-refractivity contribution in [1.29, 1.82) is 0 Å². The lowest BCUT2D eigenvalue weighted by atomic mass is 10.2. The van der Waals surface area contributed by atoms with E-state index in [0.717, 1.165) is 10.8 Å². The van der Waals surface area contributed by atoms with Crippen molar-refractivity contribution < 1.29 is 14.3 Å². The van der Waals surface area contributed by atoms with Gasteiger partial charge in [-0.1, -0.05) is 0 Å². The summed E-state index contributed by atoms with van der Waals surface area (Å²) >= 11 is 0. The van der Waals surface area contributed by atoms with Crippen LogP contribution in [0.25, 0.3) is 5.69 Å².